The van der Waals surface area contributed by atoms with Crippen LogP contribution in [-0.4, -0.2) is 51.6 Å². The monoisotopic (exact) mass is 390 g/mol. The minimum atomic E-state index is -0.0160. The van der Waals surface area contributed by atoms with Crippen LogP contribution in [0.4, 0.5) is 5.69 Å². The van der Waals surface area contributed by atoms with Crippen LogP contribution in [0.2, 0.25) is 0 Å². The van der Waals surface area contributed by atoms with Crippen LogP contribution in [0.5, 0.6) is 11.5 Å². The van der Waals surface area contributed by atoms with Crippen LogP contribution >= 0.6 is 0 Å². The molecule has 0 aliphatic rings. The van der Waals surface area contributed by atoms with E-state index in [1.54, 1.807) is 30.3 Å². The molecule has 0 fully saturated rings. The zero-order valence-electron chi connectivity index (χ0n) is 15.4. The highest BCUT2D eigenvalue weighted by Gasteiger charge is 2.11. The molecule has 0 aliphatic carbocycles. The molecule has 4 aromatic rings. The molecule has 4 rings (SSSR count). The maximum absolute atomic E-state index is 10.5. The summed E-state index contributed by atoms with van der Waals surface area (Å²) in [5.41, 5.74) is 2.13. The van der Waals surface area contributed by atoms with Crippen LogP contribution < -0.4 is 4.74 Å². The van der Waals surface area contributed by atoms with Gasteiger partial charge in [0.2, 0.25) is 0 Å². The Balaban J connectivity index is 1.64. The molecule has 8 heteroatoms. The minimum Gasteiger partial charge on any atom is -0.506 e. The van der Waals surface area contributed by atoms with Crippen molar-refractivity contribution >= 4 is 27.5 Å². The predicted molar refractivity (Wildman–Crippen MR) is 108 cm³/mol. The van der Waals surface area contributed by atoms with E-state index >= 15 is 0 Å². The van der Waals surface area contributed by atoms with Crippen molar-refractivity contribution in [2.45, 2.75) is 0 Å². The van der Waals surface area contributed by atoms with E-state index in [9.17, 15) is 5.11 Å². The standard InChI is InChI=1S/C21H18N4O4/c1-22-16-3-5-18-19(13-16)24-25(23-18)20-11-15-10-17(29-9-8-28-7-6-26)4-2-14(15)12-21(20)27/h2-5,10-13,26-27H,6-9H2. The fraction of sp³-hybridized carbons (Fsp3) is 0.190. The average molecular weight is 390 g/mol. The molecule has 0 saturated carbocycles. The van der Waals surface area contributed by atoms with Crippen molar-refractivity contribution < 1.29 is 19.7 Å². The van der Waals surface area contributed by atoms with Gasteiger partial charge in [-0.25, -0.2) is 4.85 Å². The van der Waals surface area contributed by atoms with Crippen molar-refractivity contribution in [1.29, 1.82) is 0 Å². The number of nitrogens with zero attached hydrogens (tertiary/aromatic N) is 4. The second kappa shape index (κ2) is 8.14. The van der Waals surface area contributed by atoms with Crippen LogP contribution in [0.15, 0.2) is 48.5 Å². The number of fused-ring (bicyclic) bond motifs is 2. The largest absolute Gasteiger partial charge is 0.506 e. The SMILES string of the molecule is [C-]#[N+]c1ccc2nn(-c3cc4cc(OCCOCCO)ccc4cc3O)nc2c1. The fourth-order valence-corrected chi connectivity index (χ4v) is 2.97. The molecule has 8 nitrogen and oxygen atoms in total. The van der Waals surface area contributed by atoms with E-state index in [4.69, 9.17) is 21.2 Å². The van der Waals surface area contributed by atoms with Crippen LogP contribution in [0.25, 0.3) is 32.3 Å². The molecule has 2 N–H and O–H groups in total. The zero-order valence-corrected chi connectivity index (χ0v) is 15.4. The normalized spacial score (nSPS) is 11.0. The van der Waals surface area contributed by atoms with Gasteiger partial charge in [0.05, 0.1) is 26.4 Å². The number of aromatic hydroxyl groups is 1. The Morgan fingerprint density at radius 1 is 0.931 bits per heavy atom. The van der Waals surface area contributed by atoms with E-state index in [0.29, 0.717) is 41.4 Å². The van der Waals surface area contributed by atoms with Gasteiger partial charge in [0.15, 0.2) is 5.69 Å². The van der Waals surface area contributed by atoms with E-state index in [-0.39, 0.29) is 19.0 Å². The lowest BCUT2D eigenvalue weighted by Crippen LogP contribution is -2.09. The first kappa shape index (κ1) is 18.7. The number of benzene rings is 3. The number of hydrogen-bond donors (Lipinski definition) is 2. The molecular formula is C21H18N4O4. The van der Waals surface area contributed by atoms with Crippen LogP contribution in [0, 0.1) is 6.57 Å². The second-order valence-corrected chi connectivity index (χ2v) is 6.31. The summed E-state index contributed by atoms with van der Waals surface area (Å²) in [7, 11) is 0. The number of ether oxygens (including phenoxy) is 2. The lowest BCUT2D eigenvalue weighted by atomic mass is 10.1. The van der Waals surface area contributed by atoms with E-state index in [1.807, 2.05) is 18.2 Å². The van der Waals surface area contributed by atoms with Gasteiger partial charge in [-0.15, -0.1) is 15.0 Å². The quantitative estimate of drug-likeness (QED) is 0.372. The summed E-state index contributed by atoms with van der Waals surface area (Å²) in [4.78, 5) is 4.76. The third-order valence-corrected chi connectivity index (χ3v) is 4.35. The second-order valence-electron chi connectivity index (χ2n) is 6.31. The first-order valence-electron chi connectivity index (χ1n) is 9.01. The molecule has 0 amide bonds. The number of aromatic nitrogens is 3. The van der Waals surface area contributed by atoms with Gasteiger partial charge in [0.25, 0.3) is 0 Å². The molecule has 0 bridgehead atoms. The van der Waals surface area contributed by atoms with Gasteiger partial charge < -0.3 is 19.7 Å². The highest BCUT2D eigenvalue weighted by molar-refractivity contribution is 5.88. The zero-order chi connectivity index (χ0) is 20.2. The Kier molecular flexibility index (Phi) is 5.24. The number of rotatable bonds is 7. The van der Waals surface area contributed by atoms with Crippen LogP contribution in [-0.2, 0) is 4.74 Å². The summed E-state index contributed by atoms with van der Waals surface area (Å²) < 4.78 is 10.9. The van der Waals surface area contributed by atoms with Crippen molar-refractivity contribution in [3.63, 3.8) is 0 Å². The molecule has 0 spiro atoms. The van der Waals surface area contributed by atoms with E-state index < -0.39 is 0 Å². The summed E-state index contributed by atoms with van der Waals surface area (Å²) >= 11 is 0. The Bertz CT molecular complexity index is 1210. The first-order chi connectivity index (χ1) is 14.2. The number of phenols is 1. The molecule has 1 aromatic heterocycles. The van der Waals surface area contributed by atoms with Crippen molar-refractivity contribution in [2.75, 3.05) is 26.4 Å². The van der Waals surface area contributed by atoms with E-state index in [1.165, 1.54) is 4.80 Å². The Labute approximate surface area is 166 Å². The third-order valence-electron chi connectivity index (χ3n) is 4.35. The highest BCUT2D eigenvalue weighted by Crippen LogP contribution is 2.30. The smallest absolute Gasteiger partial charge is 0.189 e. The number of phenolic OH excluding ortho intramolecular Hbond substituents is 1. The number of hydrogen-bond acceptors (Lipinski definition) is 6. The molecule has 146 valence electrons. The Morgan fingerprint density at radius 2 is 1.79 bits per heavy atom. The molecule has 0 aliphatic heterocycles. The van der Waals surface area contributed by atoms with Gasteiger partial charge in [-0.2, -0.15) is 0 Å². The van der Waals surface area contributed by atoms with E-state index in [0.717, 1.165) is 10.8 Å². The van der Waals surface area contributed by atoms with Gasteiger partial charge in [-0.05, 0) is 47.2 Å². The topological polar surface area (TPSA) is 94.0 Å². The molecule has 1 heterocycles. The summed E-state index contributed by atoms with van der Waals surface area (Å²) in [5.74, 6) is 0.719. The molecule has 0 unspecified atom stereocenters. The summed E-state index contributed by atoms with van der Waals surface area (Å²) in [5, 5.41) is 29.7. The highest BCUT2D eigenvalue weighted by atomic mass is 16.5. The lowest BCUT2D eigenvalue weighted by molar-refractivity contribution is 0.0705. The molecule has 0 atom stereocenters. The van der Waals surface area contributed by atoms with Gasteiger partial charge in [-0.1, -0.05) is 12.1 Å². The van der Waals surface area contributed by atoms with Gasteiger partial charge >= 0.3 is 0 Å². The molecule has 0 saturated heterocycles. The van der Waals surface area contributed by atoms with Gasteiger partial charge in [-0.3, -0.25) is 0 Å². The summed E-state index contributed by atoms with van der Waals surface area (Å²) in [6.07, 6.45) is 0. The minimum absolute atomic E-state index is 0.0160. The maximum atomic E-state index is 10.5. The average Bonchev–Trinajstić information content (AvgIpc) is 3.16. The molecule has 3 aromatic carbocycles. The van der Waals surface area contributed by atoms with Crippen molar-refractivity contribution in [2.24, 2.45) is 0 Å². The molecular weight excluding hydrogens is 372 g/mol. The Hall–Kier alpha value is -3.67. The summed E-state index contributed by atoms with van der Waals surface area (Å²) in [6, 6.07) is 14.1. The Morgan fingerprint density at radius 3 is 2.62 bits per heavy atom. The number of aliphatic hydroxyl groups excluding tert-OH is 1. The first-order valence-corrected chi connectivity index (χ1v) is 9.01. The fourth-order valence-electron chi connectivity index (χ4n) is 2.97. The third kappa shape index (κ3) is 3.96. The van der Waals surface area contributed by atoms with Crippen LogP contribution in [0.3, 0.4) is 0 Å². The van der Waals surface area contributed by atoms with Crippen molar-refractivity contribution in [1.82, 2.24) is 15.0 Å². The lowest BCUT2D eigenvalue weighted by Gasteiger charge is -2.09. The van der Waals surface area contributed by atoms with Crippen molar-refractivity contribution in [3.8, 4) is 17.2 Å². The number of aliphatic hydroxyl groups is 1. The van der Waals surface area contributed by atoms with Gasteiger partial charge in [0, 0.05) is 0 Å². The van der Waals surface area contributed by atoms with E-state index in [2.05, 4.69) is 15.0 Å². The van der Waals surface area contributed by atoms with Crippen LogP contribution in [0.1, 0.15) is 0 Å². The van der Waals surface area contributed by atoms with Crippen molar-refractivity contribution in [3.05, 3.63) is 59.9 Å². The van der Waals surface area contributed by atoms with Gasteiger partial charge in [0.1, 0.15) is 34.8 Å². The molecule has 0 radical (unpaired) electrons. The predicted octanol–water partition coefficient (Wildman–Crippen LogP) is 3.22. The maximum Gasteiger partial charge on any atom is 0.189 e. The summed E-state index contributed by atoms with van der Waals surface area (Å²) in [6.45, 7) is 8.13. The molecule has 29 heavy (non-hydrogen) atoms.